The van der Waals surface area contributed by atoms with Crippen LogP contribution in [0.25, 0.3) is 0 Å². The van der Waals surface area contributed by atoms with Gasteiger partial charge >= 0.3 is 5.97 Å². The Morgan fingerprint density at radius 2 is 2.47 bits per heavy atom. The fourth-order valence-electron chi connectivity index (χ4n) is 2.37. The van der Waals surface area contributed by atoms with Gasteiger partial charge in [0.15, 0.2) is 0 Å². The zero-order chi connectivity index (χ0) is 13.8. The Morgan fingerprint density at radius 3 is 3.11 bits per heavy atom. The van der Waals surface area contributed by atoms with Crippen LogP contribution in [0.2, 0.25) is 0 Å². The molecular formula is C13H16N2O4. The summed E-state index contributed by atoms with van der Waals surface area (Å²) in [5, 5.41) is 18.7. The van der Waals surface area contributed by atoms with E-state index in [0.29, 0.717) is 25.3 Å². The molecule has 19 heavy (non-hydrogen) atoms. The summed E-state index contributed by atoms with van der Waals surface area (Å²) in [5.74, 6) is 0.390. The molecule has 0 aliphatic carbocycles. The van der Waals surface area contributed by atoms with Crippen LogP contribution in [0, 0.1) is 11.3 Å². The van der Waals surface area contributed by atoms with Crippen molar-refractivity contribution in [3.05, 3.63) is 23.7 Å². The Morgan fingerprint density at radius 1 is 1.68 bits per heavy atom. The minimum Gasteiger partial charge on any atom is -0.468 e. The molecule has 0 bridgehead atoms. The molecular weight excluding hydrogens is 248 g/mol. The van der Waals surface area contributed by atoms with E-state index in [-0.39, 0.29) is 5.76 Å². The van der Waals surface area contributed by atoms with Crippen LogP contribution in [-0.2, 0) is 16.1 Å². The normalized spacial score (nSPS) is 23.8. The predicted octanol–water partition coefficient (Wildman–Crippen LogP) is 0.650. The summed E-state index contributed by atoms with van der Waals surface area (Å²) in [6.45, 7) is 1.05. The number of likely N-dealkylation sites (tertiary alicyclic amines) is 1. The molecule has 2 rings (SSSR count). The molecule has 6 heteroatoms. The molecule has 1 aliphatic rings. The first-order chi connectivity index (χ1) is 9.15. The first-order valence-electron chi connectivity index (χ1n) is 6.14. The van der Waals surface area contributed by atoms with Crippen LogP contribution < -0.4 is 0 Å². The van der Waals surface area contributed by atoms with E-state index in [9.17, 15) is 9.90 Å². The summed E-state index contributed by atoms with van der Waals surface area (Å²) in [6.07, 6.45) is 0.657. The van der Waals surface area contributed by atoms with Gasteiger partial charge in [-0.3, -0.25) is 9.69 Å². The minimum atomic E-state index is -0.730. The third kappa shape index (κ3) is 2.95. The number of piperidine rings is 1. The van der Waals surface area contributed by atoms with E-state index in [1.165, 1.54) is 7.11 Å². The molecule has 0 spiro atoms. The summed E-state index contributed by atoms with van der Waals surface area (Å²) >= 11 is 0. The van der Waals surface area contributed by atoms with Crippen molar-refractivity contribution in [2.75, 3.05) is 13.7 Å². The van der Waals surface area contributed by atoms with Crippen molar-refractivity contribution in [1.82, 2.24) is 4.90 Å². The number of nitriles is 1. The van der Waals surface area contributed by atoms with Crippen molar-refractivity contribution >= 4 is 5.97 Å². The van der Waals surface area contributed by atoms with E-state index < -0.39 is 18.1 Å². The number of methoxy groups -OCH3 is 1. The average molecular weight is 264 g/mol. The van der Waals surface area contributed by atoms with Gasteiger partial charge in [0, 0.05) is 0 Å². The smallest absolute Gasteiger partial charge is 0.325 e. The molecule has 6 nitrogen and oxygen atoms in total. The molecule has 1 aliphatic heterocycles. The van der Waals surface area contributed by atoms with Crippen LogP contribution in [0.5, 0.6) is 0 Å². The lowest BCUT2D eigenvalue weighted by Crippen LogP contribution is -2.52. The molecule has 1 aromatic heterocycles. The molecule has 0 amide bonds. The van der Waals surface area contributed by atoms with Gasteiger partial charge in [-0.2, -0.15) is 5.26 Å². The predicted molar refractivity (Wildman–Crippen MR) is 64.9 cm³/mol. The lowest BCUT2D eigenvalue weighted by Gasteiger charge is -2.36. The highest BCUT2D eigenvalue weighted by atomic mass is 16.5. The van der Waals surface area contributed by atoms with Crippen molar-refractivity contribution < 1.29 is 19.1 Å². The number of carbonyl (C=O) groups excluding carboxylic acids is 1. The van der Waals surface area contributed by atoms with Gasteiger partial charge in [-0.1, -0.05) is 0 Å². The summed E-state index contributed by atoms with van der Waals surface area (Å²) in [7, 11) is 1.31. The third-order valence-electron chi connectivity index (χ3n) is 3.28. The number of aliphatic hydroxyl groups is 1. The number of hydrogen-bond donors (Lipinski definition) is 1. The highest BCUT2D eigenvalue weighted by Gasteiger charge is 2.36. The van der Waals surface area contributed by atoms with Gasteiger partial charge < -0.3 is 14.3 Å². The van der Waals surface area contributed by atoms with Gasteiger partial charge in [0.05, 0.1) is 19.8 Å². The monoisotopic (exact) mass is 264 g/mol. The van der Waals surface area contributed by atoms with E-state index in [4.69, 9.17) is 14.4 Å². The van der Waals surface area contributed by atoms with Gasteiger partial charge in [-0.15, -0.1) is 0 Å². The van der Waals surface area contributed by atoms with E-state index in [0.717, 1.165) is 6.42 Å². The number of aliphatic hydroxyl groups excluding tert-OH is 1. The second kappa shape index (κ2) is 5.87. The zero-order valence-electron chi connectivity index (χ0n) is 10.7. The molecule has 1 saturated heterocycles. The maximum Gasteiger partial charge on any atom is 0.325 e. The summed E-state index contributed by atoms with van der Waals surface area (Å²) < 4.78 is 10.0. The molecule has 1 N–H and O–H groups in total. The SMILES string of the molecule is COC(=O)C1C(O)CCCN1Cc1ccc(C#N)o1. The van der Waals surface area contributed by atoms with E-state index in [1.54, 1.807) is 12.1 Å². The van der Waals surface area contributed by atoms with Crippen molar-refractivity contribution in [1.29, 1.82) is 5.26 Å². The van der Waals surface area contributed by atoms with Crippen LogP contribution in [0.3, 0.4) is 0 Å². The number of ether oxygens (including phenoxy) is 1. The van der Waals surface area contributed by atoms with Crippen molar-refractivity contribution in [2.45, 2.75) is 31.5 Å². The molecule has 102 valence electrons. The lowest BCUT2D eigenvalue weighted by atomic mass is 9.99. The molecule has 1 fully saturated rings. The fraction of sp³-hybridized carbons (Fsp3) is 0.538. The molecule has 2 atom stereocenters. The second-order valence-corrected chi connectivity index (χ2v) is 4.53. The Labute approximate surface area is 111 Å². The number of furan rings is 1. The molecule has 0 aromatic carbocycles. The van der Waals surface area contributed by atoms with Gasteiger partial charge in [0.2, 0.25) is 5.76 Å². The number of nitrogens with zero attached hydrogens (tertiary/aromatic N) is 2. The topological polar surface area (TPSA) is 86.7 Å². The second-order valence-electron chi connectivity index (χ2n) is 4.53. The molecule has 2 unspecified atom stereocenters. The maximum atomic E-state index is 11.7. The van der Waals surface area contributed by atoms with Gasteiger partial charge in [0.1, 0.15) is 17.9 Å². The Bertz CT molecular complexity index is 491. The van der Waals surface area contributed by atoms with Crippen LogP contribution in [0.1, 0.15) is 24.4 Å². The van der Waals surface area contributed by atoms with Crippen LogP contribution in [0.4, 0.5) is 0 Å². The maximum absolute atomic E-state index is 11.7. The van der Waals surface area contributed by atoms with E-state index in [2.05, 4.69) is 0 Å². The third-order valence-corrected chi connectivity index (χ3v) is 3.28. The quantitative estimate of drug-likeness (QED) is 0.807. The number of rotatable bonds is 3. The molecule has 0 radical (unpaired) electrons. The Balaban J connectivity index is 2.11. The minimum absolute atomic E-state index is 0.238. The lowest BCUT2D eigenvalue weighted by molar-refractivity contribution is -0.154. The van der Waals surface area contributed by atoms with Crippen LogP contribution in [0.15, 0.2) is 16.5 Å². The number of carbonyl (C=O) groups is 1. The van der Waals surface area contributed by atoms with Crippen molar-refractivity contribution in [2.24, 2.45) is 0 Å². The summed E-state index contributed by atoms with van der Waals surface area (Å²) in [6, 6.07) is 4.53. The number of hydrogen-bond acceptors (Lipinski definition) is 6. The van der Waals surface area contributed by atoms with Gasteiger partial charge in [-0.05, 0) is 31.5 Å². The molecule has 1 aromatic rings. The van der Waals surface area contributed by atoms with Crippen molar-refractivity contribution in [3.8, 4) is 6.07 Å². The van der Waals surface area contributed by atoms with Gasteiger partial charge in [0.25, 0.3) is 0 Å². The van der Waals surface area contributed by atoms with E-state index in [1.807, 2.05) is 11.0 Å². The van der Waals surface area contributed by atoms with Crippen LogP contribution in [-0.4, -0.2) is 41.8 Å². The zero-order valence-corrected chi connectivity index (χ0v) is 10.7. The largest absolute Gasteiger partial charge is 0.468 e. The fourth-order valence-corrected chi connectivity index (χ4v) is 2.37. The molecule has 2 heterocycles. The van der Waals surface area contributed by atoms with Gasteiger partial charge in [-0.25, -0.2) is 0 Å². The van der Waals surface area contributed by atoms with Crippen molar-refractivity contribution in [3.63, 3.8) is 0 Å². The highest BCUT2D eigenvalue weighted by molar-refractivity contribution is 5.76. The first kappa shape index (κ1) is 13.6. The van der Waals surface area contributed by atoms with E-state index >= 15 is 0 Å². The standard InChI is InChI=1S/C13H16N2O4/c1-18-13(17)12-11(16)3-2-6-15(12)8-10-5-4-9(7-14)19-10/h4-5,11-12,16H,2-3,6,8H2,1H3. The van der Waals surface area contributed by atoms with Crippen LogP contribution >= 0.6 is 0 Å². The Kier molecular flexibility index (Phi) is 4.20. The molecule has 0 saturated carbocycles. The number of esters is 1. The average Bonchev–Trinajstić information content (AvgIpc) is 2.86. The highest BCUT2D eigenvalue weighted by Crippen LogP contribution is 2.22. The summed E-state index contributed by atoms with van der Waals surface area (Å²) in [5.41, 5.74) is 0. The Hall–Kier alpha value is -1.84. The summed E-state index contributed by atoms with van der Waals surface area (Å²) in [4.78, 5) is 13.6. The first-order valence-corrected chi connectivity index (χ1v) is 6.14.